The van der Waals surface area contributed by atoms with Crippen LogP contribution < -0.4 is 15.5 Å². The first-order valence-corrected chi connectivity index (χ1v) is 12.7. The molecule has 11 heteroatoms. The van der Waals surface area contributed by atoms with Crippen LogP contribution in [0.5, 0.6) is 0 Å². The average molecular weight is 536 g/mol. The lowest BCUT2D eigenvalue weighted by Gasteiger charge is -2.36. The van der Waals surface area contributed by atoms with Gasteiger partial charge >= 0.3 is 6.03 Å². The molecule has 2 fully saturated rings. The molecule has 2 aromatic rings. The fraction of sp³-hybridized carbons (Fsp3) is 0.296. The summed E-state index contributed by atoms with van der Waals surface area (Å²) >= 11 is 6.28. The number of anilines is 2. The number of hydrogen-bond acceptors (Lipinski definition) is 6. The molecule has 0 spiro atoms. The van der Waals surface area contributed by atoms with Crippen LogP contribution >= 0.6 is 11.6 Å². The Labute approximate surface area is 224 Å². The number of hydrogen-bond donors (Lipinski definition) is 2. The maximum atomic E-state index is 13.2. The number of aryl methyl sites for hydroxylation is 1. The molecule has 0 radical (unpaired) electrons. The third-order valence-electron chi connectivity index (χ3n) is 6.83. The van der Waals surface area contributed by atoms with Crippen LogP contribution in [0.1, 0.15) is 30.4 Å². The molecule has 3 aliphatic heterocycles. The highest BCUT2D eigenvalue weighted by Gasteiger charge is 2.42. The molecule has 38 heavy (non-hydrogen) atoms. The van der Waals surface area contributed by atoms with E-state index in [2.05, 4.69) is 10.6 Å². The smallest absolute Gasteiger partial charge is 0.324 e. The molecule has 3 aliphatic rings. The van der Waals surface area contributed by atoms with Gasteiger partial charge in [-0.15, -0.1) is 0 Å². The van der Waals surface area contributed by atoms with Crippen LogP contribution in [0.4, 0.5) is 16.2 Å². The van der Waals surface area contributed by atoms with Gasteiger partial charge in [0.15, 0.2) is 0 Å². The SMILES string of the molecule is Cc1ccc(N2CCCN(Cc3cccc(NC4=CC(=O)N(C5CCC(=O)NC5=O)C4=O)c3)C2=O)cc1Cl. The molecule has 0 saturated carbocycles. The van der Waals surface area contributed by atoms with Gasteiger partial charge in [0.1, 0.15) is 11.7 Å². The molecule has 6 amide bonds. The quantitative estimate of drug-likeness (QED) is 0.549. The number of piperidine rings is 1. The number of urea groups is 1. The van der Waals surface area contributed by atoms with Crippen LogP contribution in [0.25, 0.3) is 0 Å². The zero-order valence-electron chi connectivity index (χ0n) is 20.7. The minimum atomic E-state index is -1.02. The first-order chi connectivity index (χ1) is 18.2. The van der Waals surface area contributed by atoms with Crippen molar-refractivity contribution < 1.29 is 24.0 Å². The van der Waals surface area contributed by atoms with Crippen LogP contribution in [-0.4, -0.2) is 58.6 Å². The van der Waals surface area contributed by atoms with E-state index in [9.17, 15) is 24.0 Å². The molecule has 10 nitrogen and oxygen atoms in total. The van der Waals surface area contributed by atoms with Crippen molar-refractivity contribution in [3.8, 4) is 0 Å². The van der Waals surface area contributed by atoms with E-state index in [0.717, 1.165) is 34.2 Å². The van der Waals surface area contributed by atoms with Crippen molar-refractivity contribution in [3.05, 3.63) is 70.4 Å². The van der Waals surface area contributed by atoms with Gasteiger partial charge < -0.3 is 10.2 Å². The molecule has 5 rings (SSSR count). The minimum Gasteiger partial charge on any atom is -0.351 e. The lowest BCUT2D eigenvalue weighted by molar-refractivity contribution is -0.149. The molecular formula is C27H26ClN5O5. The summed E-state index contributed by atoms with van der Waals surface area (Å²) in [6.45, 7) is 3.48. The number of carbonyl (C=O) groups excluding carboxylic acids is 5. The second-order valence-corrected chi connectivity index (χ2v) is 9.91. The Balaban J connectivity index is 1.26. The van der Waals surface area contributed by atoms with Crippen molar-refractivity contribution in [3.63, 3.8) is 0 Å². The molecule has 2 N–H and O–H groups in total. The standard InChI is InChI=1S/C27H26ClN5O5/c1-16-6-7-19(13-20(16)28)32-11-3-10-31(27(32)38)15-17-4-2-5-18(12-17)29-21-14-24(35)33(26(21)37)22-8-9-23(34)30-25(22)36/h2,4-7,12-14,22,29H,3,8-11,15H2,1H3,(H,30,34,36). The van der Waals surface area contributed by atoms with Crippen LogP contribution in [0, 0.1) is 6.92 Å². The first-order valence-electron chi connectivity index (χ1n) is 12.3. The fourth-order valence-electron chi connectivity index (χ4n) is 4.84. The van der Waals surface area contributed by atoms with E-state index in [1.54, 1.807) is 28.0 Å². The maximum Gasteiger partial charge on any atom is 0.324 e. The number of rotatable bonds is 6. The van der Waals surface area contributed by atoms with Crippen LogP contribution in [0.15, 0.2) is 54.2 Å². The second kappa shape index (κ2) is 10.3. The Morgan fingerprint density at radius 3 is 2.63 bits per heavy atom. The normalized spacial score (nSPS) is 20.2. The van der Waals surface area contributed by atoms with Crippen molar-refractivity contribution in [2.45, 2.75) is 38.8 Å². The summed E-state index contributed by atoms with van der Waals surface area (Å²) in [5.74, 6) is -2.33. The molecule has 1 atom stereocenters. The van der Waals surface area contributed by atoms with E-state index in [-0.39, 0.29) is 24.6 Å². The Hall–Kier alpha value is -4.18. The van der Waals surface area contributed by atoms with Crippen molar-refractivity contribution in [2.75, 3.05) is 23.3 Å². The number of imide groups is 2. The van der Waals surface area contributed by atoms with Gasteiger partial charge in [-0.25, -0.2) is 4.79 Å². The lowest BCUT2D eigenvalue weighted by Crippen LogP contribution is -2.54. The third kappa shape index (κ3) is 4.99. The Morgan fingerprint density at radius 1 is 1.05 bits per heavy atom. The van der Waals surface area contributed by atoms with E-state index >= 15 is 0 Å². The molecule has 0 aromatic heterocycles. The van der Waals surface area contributed by atoms with Crippen LogP contribution in [0.2, 0.25) is 5.02 Å². The minimum absolute atomic E-state index is 0.0355. The van der Waals surface area contributed by atoms with E-state index in [1.165, 1.54) is 0 Å². The predicted molar refractivity (Wildman–Crippen MR) is 140 cm³/mol. The second-order valence-electron chi connectivity index (χ2n) is 9.51. The summed E-state index contributed by atoms with van der Waals surface area (Å²) in [7, 11) is 0. The summed E-state index contributed by atoms with van der Waals surface area (Å²) in [5.41, 5.74) is 3.13. The van der Waals surface area contributed by atoms with Gasteiger partial charge in [0.05, 0.1) is 0 Å². The number of amides is 6. The highest BCUT2D eigenvalue weighted by molar-refractivity contribution is 6.31. The summed E-state index contributed by atoms with van der Waals surface area (Å²) in [4.78, 5) is 66.7. The van der Waals surface area contributed by atoms with Gasteiger partial charge in [-0.05, 0) is 55.2 Å². The molecule has 2 aromatic carbocycles. The van der Waals surface area contributed by atoms with Crippen LogP contribution in [0.3, 0.4) is 0 Å². The van der Waals surface area contributed by atoms with E-state index in [1.807, 2.05) is 31.2 Å². The van der Waals surface area contributed by atoms with Gasteiger partial charge in [0.25, 0.3) is 11.8 Å². The fourth-order valence-corrected chi connectivity index (χ4v) is 5.01. The van der Waals surface area contributed by atoms with Gasteiger partial charge in [0.2, 0.25) is 11.8 Å². The lowest BCUT2D eigenvalue weighted by atomic mass is 10.0. The van der Waals surface area contributed by atoms with Crippen LogP contribution in [-0.2, 0) is 25.7 Å². The predicted octanol–water partition coefficient (Wildman–Crippen LogP) is 2.95. The zero-order chi connectivity index (χ0) is 27.0. The topological polar surface area (TPSA) is 119 Å². The van der Waals surface area contributed by atoms with Gasteiger partial charge in [-0.1, -0.05) is 29.8 Å². The molecule has 0 bridgehead atoms. The van der Waals surface area contributed by atoms with Crippen molar-refractivity contribution in [2.24, 2.45) is 0 Å². The molecule has 196 valence electrons. The van der Waals surface area contributed by atoms with E-state index in [0.29, 0.717) is 30.3 Å². The van der Waals surface area contributed by atoms with Gasteiger partial charge in [0, 0.05) is 48.5 Å². The summed E-state index contributed by atoms with van der Waals surface area (Å²) in [6.07, 6.45) is 2.10. The number of nitrogens with zero attached hydrogens (tertiary/aromatic N) is 3. The Bertz CT molecular complexity index is 1390. The van der Waals surface area contributed by atoms with Crippen molar-refractivity contribution >= 4 is 52.6 Å². The van der Waals surface area contributed by atoms with E-state index < -0.39 is 29.7 Å². The van der Waals surface area contributed by atoms with Gasteiger partial charge in [-0.3, -0.25) is 34.3 Å². The summed E-state index contributed by atoms with van der Waals surface area (Å²) in [5, 5.41) is 5.75. The molecular weight excluding hydrogens is 510 g/mol. The number of nitrogens with one attached hydrogen (secondary N) is 2. The zero-order valence-corrected chi connectivity index (χ0v) is 21.5. The maximum absolute atomic E-state index is 13.2. The van der Waals surface area contributed by atoms with Gasteiger partial charge in [-0.2, -0.15) is 0 Å². The highest BCUT2D eigenvalue weighted by Crippen LogP contribution is 2.27. The molecule has 2 saturated heterocycles. The molecule has 1 unspecified atom stereocenters. The Kier molecular flexibility index (Phi) is 6.90. The van der Waals surface area contributed by atoms with Crippen molar-refractivity contribution in [1.82, 2.24) is 15.1 Å². The number of carbonyl (C=O) groups is 5. The first kappa shape index (κ1) is 25.5. The summed E-state index contributed by atoms with van der Waals surface area (Å²) in [6, 6.07) is 11.7. The van der Waals surface area contributed by atoms with Crippen molar-refractivity contribution in [1.29, 1.82) is 0 Å². The summed E-state index contributed by atoms with van der Waals surface area (Å²) < 4.78 is 0. The average Bonchev–Trinajstić information content (AvgIpc) is 3.15. The number of halogens is 1. The molecule has 0 aliphatic carbocycles. The molecule has 3 heterocycles. The Morgan fingerprint density at radius 2 is 1.87 bits per heavy atom. The highest BCUT2D eigenvalue weighted by atomic mass is 35.5. The largest absolute Gasteiger partial charge is 0.351 e. The third-order valence-corrected chi connectivity index (χ3v) is 7.24. The number of benzene rings is 2. The van der Waals surface area contributed by atoms with E-state index in [4.69, 9.17) is 11.6 Å². The monoisotopic (exact) mass is 535 g/mol.